The molecule has 5 heteroatoms. The first-order valence-electron chi connectivity index (χ1n) is 7.71. The lowest BCUT2D eigenvalue weighted by atomic mass is 10.0. The Labute approximate surface area is 138 Å². The van der Waals surface area contributed by atoms with Gasteiger partial charge in [-0.15, -0.1) is 0 Å². The first kappa shape index (κ1) is 14.6. The molecule has 0 bridgehead atoms. The van der Waals surface area contributed by atoms with Gasteiger partial charge in [-0.1, -0.05) is 29.8 Å². The van der Waals surface area contributed by atoms with Gasteiger partial charge in [-0.2, -0.15) is 0 Å². The third kappa shape index (κ3) is 2.61. The van der Waals surface area contributed by atoms with E-state index in [1.165, 1.54) is 6.07 Å². The zero-order chi connectivity index (χ0) is 16.1. The summed E-state index contributed by atoms with van der Waals surface area (Å²) in [6, 6.07) is 10.1. The fraction of sp³-hybridized carbons (Fsp3) is 0.333. The quantitative estimate of drug-likeness (QED) is 0.848. The maximum absolute atomic E-state index is 14.1. The largest absolute Gasteiger partial charge is 0.481 e. The summed E-state index contributed by atoms with van der Waals surface area (Å²) in [6.07, 6.45) is 2.19. The Morgan fingerprint density at radius 3 is 2.61 bits per heavy atom. The molecule has 23 heavy (non-hydrogen) atoms. The van der Waals surface area contributed by atoms with E-state index in [0.717, 1.165) is 24.1 Å². The van der Waals surface area contributed by atoms with Gasteiger partial charge in [0.2, 0.25) is 0 Å². The number of carbonyl (C=O) groups is 1. The Balaban J connectivity index is 1.73. The summed E-state index contributed by atoms with van der Waals surface area (Å²) < 4.78 is 14.1. The monoisotopic (exact) mass is 331 g/mol. The van der Waals surface area contributed by atoms with E-state index in [9.17, 15) is 14.3 Å². The molecule has 0 radical (unpaired) electrons. The number of carboxylic acid groups (broad SMARTS) is 1. The van der Waals surface area contributed by atoms with E-state index in [4.69, 9.17) is 11.6 Å². The van der Waals surface area contributed by atoms with E-state index in [1.807, 2.05) is 6.07 Å². The highest BCUT2D eigenvalue weighted by Gasteiger charge is 2.57. The van der Waals surface area contributed by atoms with Crippen molar-refractivity contribution >= 4 is 17.6 Å². The van der Waals surface area contributed by atoms with Crippen LogP contribution in [0.4, 0.5) is 4.39 Å². The van der Waals surface area contributed by atoms with E-state index in [2.05, 4.69) is 4.98 Å². The van der Waals surface area contributed by atoms with Crippen molar-refractivity contribution in [2.45, 2.75) is 30.6 Å². The SMILES string of the molecule is O=C(O)C1[C@H](c2cc(Cl)nc(C3CC3)c2)[C@H]1c1ccccc1F. The number of aromatic nitrogens is 1. The smallest absolute Gasteiger partial charge is 0.307 e. The van der Waals surface area contributed by atoms with Crippen LogP contribution in [0, 0.1) is 11.7 Å². The molecule has 3 nitrogen and oxygen atoms in total. The van der Waals surface area contributed by atoms with Gasteiger partial charge in [0.1, 0.15) is 11.0 Å². The molecule has 2 fully saturated rings. The molecule has 0 spiro atoms. The van der Waals surface area contributed by atoms with Crippen LogP contribution in [0.5, 0.6) is 0 Å². The van der Waals surface area contributed by atoms with Gasteiger partial charge >= 0.3 is 5.97 Å². The Morgan fingerprint density at radius 2 is 1.96 bits per heavy atom. The molecular formula is C18H15ClFNO2. The number of pyridine rings is 1. The van der Waals surface area contributed by atoms with Gasteiger partial charge < -0.3 is 5.11 Å². The molecule has 0 saturated heterocycles. The zero-order valence-electron chi connectivity index (χ0n) is 12.2. The zero-order valence-corrected chi connectivity index (χ0v) is 13.0. The number of aliphatic carboxylic acids is 1. The van der Waals surface area contributed by atoms with Crippen LogP contribution >= 0.6 is 11.6 Å². The van der Waals surface area contributed by atoms with Crippen LogP contribution < -0.4 is 0 Å². The molecule has 2 aromatic rings. The Morgan fingerprint density at radius 1 is 1.22 bits per heavy atom. The fourth-order valence-corrected chi connectivity index (χ4v) is 3.71. The number of hydrogen-bond donors (Lipinski definition) is 1. The average molecular weight is 332 g/mol. The van der Waals surface area contributed by atoms with E-state index < -0.39 is 11.9 Å². The molecule has 0 amide bonds. The van der Waals surface area contributed by atoms with Crippen molar-refractivity contribution in [1.29, 1.82) is 0 Å². The lowest BCUT2D eigenvalue weighted by Crippen LogP contribution is -2.01. The average Bonchev–Trinajstić information content (AvgIpc) is 3.39. The molecule has 1 N–H and O–H groups in total. The molecule has 2 aliphatic rings. The topological polar surface area (TPSA) is 50.2 Å². The minimum atomic E-state index is -0.899. The maximum atomic E-state index is 14.1. The van der Waals surface area contributed by atoms with Gasteiger partial charge in [-0.3, -0.25) is 4.79 Å². The highest BCUT2D eigenvalue weighted by atomic mass is 35.5. The van der Waals surface area contributed by atoms with Crippen molar-refractivity contribution in [3.63, 3.8) is 0 Å². The summed E-state index contributed by atoms with van der Waals surface area (Å²) in [6.45, 7) is 0. The van der Waals surface area contributed by atoms with Gasteiger partial charge in [0.05, 0.1) is 5.92 Å². The summed E-state index contributed by atoms with van der Waals surface area (Å²) in [5, 5.41) is 9.88. The van der Waals surface area contributed by atoms with Gasteiger partial charge in [0.15, 0.2) is 0 Å². The number of halogens is 2. The Bertz CT molecular complexity index is 790. The van der Waals surface area contributed by atoms with Crippen molar-refractivity contribution in [3.05, 3.63) is 64.2 Å². The molecule has 1 unspecified atom stereocenters. The second-order valence-corrected chi connectivity index (χ2v) is 6.75. The van der Waals surface area contributed by atoms with E-state index in [1.54, 1.807) is 24.3 Å². The molecule has 1 heterocycles. The molecule has 2 saturated carbocycles. The van der Waals surface area contributed by atoms with Gasteiger partial charge in [0, 0.05) is 23.4 Å². The van der Waals surface area contributed by atoms with Crippen molar-refractivity contribution < 1.29 is 14.3 Å². The van der Waals surface area contributed by atoms with Gasteiger partial charge in [-0.05, 0) is 42.2 Å². The normalized spacial score (nSPS) is 26.1. The minimum absolute atomic E-state index is 0.248. The molecule has 4 rings (SSSR count). The molecule has 118 valence electrons. The predicted molar refractivity (Wildman–Crippen MR) is 84.2 cm³/mol. The fourth-order valence-electron chi connectivity index (χ4n) is 3.48. The number of benzene rings is 1. The second kappa shape index (κ2) is 5.31. The van der Waals surface area contributed by atoms with Crippen LogP contribution in [0.15, 0.2) is 36.4 Å². The number of nitrogens with zero attached hydrogens (tertiary/aromatic N) is 1. The third-order valence-corrected chi connectivity index (χ3v) is 4.98. The molecule has 3 atom stereocenters. The standard InChI is InChI=1S/C18H15ClFNO2/c19-14-8-10(7-13(21-14)9-5-6-9)15-16(17(15)18(22)23)11-3-1-2-4-12(11)20/h1-4,7-9,15-17H,5-6H2,(H,22,23)/t15-,16-,17?/m1/s1. The first-order chi connectivity index (χ1) is 11.1. The number of hydrogen-bond acceptors (Lipinski definition) is 2. The van der Waals surface area contributed by atoms with E-state index in [-0.39, 0.29) is 17.7 Å². The Hall–Kier alpha value is -1.94. The van der Waals surface area contributed by atoms with Crippen LogP contribution in [-0.4, -0.2) is 16.1 Å². The summed E-state index contributed by atoms with van der Waals surface area (Å²) in [4.78, 5) is 15.9. The van der Waals surface area contributed by atoms with Crippen LogP contribution in [0.1, 0.15) is 47.4 Å². The molecule has 1 aromatic heterocycles. The van der Waals surface area contributed by atoms with Gasteiger partial charge in [-0.25, -0.2) is 9.37 Å². The molecule has 0 aliphatic heterocycles. The highest BCUT2D eigenvalue weighted by molar-refractivity contribution is 6.29. The first-order valence-corrected chi connectivity index (χ1v) is 8.08. The van der Waals surface area contributed by atoms with Crippen molar-refractivity contribution in [1.82, 2.24) is 4.98 Å². The summed E-state index contributed by atoms with van der Waals surface area (Å²) >= 11 is 6.11. The van der Waals surface area contributed by atoms with Crippen molar-refractivity contribution in [2.24, 2.45) is 5.92 Å². The lowest BCUT2D eigenvalue weighted by Gasteiger charge is -2.06. The number of rotatable bonds is 4. The second-order valence-electron chi connectivity index (χ2n) is 6.36. The molecule has 1 aromatic carbocycles. The highest BCUT2D eigenvalue weighted by Crippen LogP contribution is 2.61. The van der Waals surface area contributed by atoms with E-state index >= 15 is 0 Å². The lowest BCUT2D eigenvalue weighted by molar-refractivity contribution is -0.138. The van der Waals surface area contributed by atoms with Crippen LogP contribution in [0.2, 0.25) is 5.15 Å². The maximum Gasteiger partial charge on any atom is 0.307 e. The van der Waals surface area contributed by atoms with Gasteiger partial charge in [0.25, 0.3) is 0 Å². The molecule has 2 aliphatic carbocycles. The Kier molecular flexibility index (Phi) is 3.38. The third-order valence-electron chi connectivity index (χ3n) is 4.79. The number of carboxylic acids is 1. The van der Waals surface area contributed by atoms with Crippen molar-refractivity contribution in [2.75, 3.05) is 0 Å². The van der Waals surface area contributed by atoms with Crippen LogP contribution in [0.25, 0.3) is 0 Å². The predicted octanol–water partition coefficient (Wildman–Crippen LogP) is 4.33. The van der Waals surface area contributed by atoms with E-state index in [0.29, 0.717) is 16.6 Å². The van der Waals surface area contributed by atoms with Crippen molar-refractivity contribution in [3.8, 4) is 0 Å². The summed E-state index contributed by atoms with van der Waals surface area (Å²) in [5.74, 6) is -2.03. The molecular weight excluding hydrogens is 317 g/mol. The summed E-state index contributed by atoms with van der Waals surface area (Å²) in [7, 11) is 0. The van der Waals surface area contributed by atoms with Crippen LogP contribution in [-0.2, 0) is 4.79 Å². The minimum Gasteiger partial charge on any atom is -0.481 e. The summed E-state index contributed by atoms with van der Waals surface area (Å²) in [5.41, 5.74) is 2.24. The van der Waals surface area contributed by atoms with Crippen LogP contribution in [0.3, 0.4) is 0 Å².